The molecule has 0 aliphatic heterocycles. The first-order valence-corrected chi connectivity index (χ1v) is 13.3. The average molecular weight is 439 g/mol. The maximum atomic E-state index is 9.31. The van der Waals surface area contributed by atoms with Crippen LogP contribution in [0.25, 0.3) is 0 Å². The number of hydrogen-bond acceptors (Lipinski definition) is 4. The molecule has 3 unspecified atom stereocenters. The molecule has 4 aliphatic rings. The highest BCUT2D eigenvalue weighted by atomic mass is 16.5. The van der Waals surface area contributed by atoms with Crippen LogP contribution in [0.2, 0.25) is 0 Å². The van der Waals surface area contributed by atoms with Crippen LogP contribution in [0.1, 0.15) is 90.2 Å². The van der Waals surface area contributed by atoms with Gasteiger partial charge >= 0.3 is 0 Å². The summed E-state index contributed by atoms with van der Waals surface area (Å²) >= 11 is 0. The van der Waals surface area contributed by atoms with Crippen LogP contribution in [-0.4, -0.2) is 23.0 Å². The Bertz CT molecular complexity index is 858. The molecule has 0 saturated heterocycles. The summed E-state index contributed by atoms with van der Waals surface area (Å²) in [5.74, 6) is 6.58. The van der Waals surface area contributed by atoms with Crippen molar-refractivity contribution in [1.29, 1.82) is 5.26 Å². The zero-order chi connectivity index (χ0) is 22.5. The van der Waals surface area contributed by atoms with Crippen LogP contribution < -0.4 is 5.73 Å². The molecular formula is C27H42N4O. The first-order valence-electron chi connectivity index (χ1n) is 13.3. The van der Waals surface area contributed by atoms with E-state index in [1.165, 1.54) is 57.8 Å². The largest absolute Gasteiger partial charge is 0.383 e. The van der Waals surface area contributed by atoms with Crippen molar-refractivity contribution >= 4 is 5.82 Å². The predicted molar refractivity (Wildman–Crippen MR) is 127 cm³/mol. The normalized spacial score (nSPS) is 41.9. The first kappa shape index (κ1) is 22.3. The number of nitriles is 1. The van der Waals surface area contributed by atoms with E-state index >= 15 is 0 Å². The Morgan fingerprint density at radius 3 is 2.75 bits per heavy atom. The number of anilines is 1. The molecule has 0 amide bonds. The van der Waals surface area contributed by atoms with E-state index < -0.39 is 0 Å². The Kier molecular flexibility index (Phi) is 6.03. The summed E-state index contributed by atoms with van der Waals surface area (Å²) in [5, 5.41) is 13.8. The van der Waals surface area contributed by atoms with Crippen molar-refractivity contribution in [2.75, 3.05) is 18.9 Å². The number of nitrogens with two attached hydrogens (primary N) is 1. The van der Waals surface area contributed by atoms with Crippen molar-refractivity contribution < 1.29 is 4.74 Å². The van der Waals surface area contributed by atoms with Crippen LogP contribution >= 0.6 is 0 Å². The maximum Gasteiger partial charge on any atom is 0.140 e. The zero-order valence-electron chi connectivity index (χ0n) is 20.3. The second-order valence-electron chi connectivity index (χ2n) is 11.7. The molecule has 1 aromatic heterocycles. The molecule has 5 heteroatoms. The summed E-state index contributed by atoms with van der Waals surface area (Å²) in [5.41, 5.74) is 7.18. The maximum absolute atomic E-state index is 9.31. The molecular weight excluding hydrogens is 396 g/mol. The third-order valence-corrected chi connectivity index (χ3v) is 10.6. The van der Waals surface area contributed by atoms with E-state index in [2.05, 4.69) is 31.9 Å². The van der Waals surface area contributed by atoms with E-state index in [0.717, 1.165) is 48.7 Å². The van der Waals surface area contributed by atoms with Crippen molar-refractivity contribution in [2.45, 2.75) is 84.6 Å². The van der Waals surface area contributed by atoms with Gasteiger partial charge in [0.15, 0.2) is 0 Å². The number of ether oxygens (including phenoxy) is 1. The highest BCUT2D eigenvalue weighted by Crippen LogP contribution is 2.66. The smallest absolute Gasteiger partial charge is 0.140 e. The lowest BCUT2D eigenvalue weighted by molar-refractivity contribution is -0.0773. The molecule has 1 heterocycles. The number of nitrogen functional groups attached to an aromatic ring is 1. The SMILES string of the molecule is CCOC[C@H]1CC[C@@H]2C3CC[C@@]4(C)C(CCC4[C@H](C)n4ncc(C#N)c4N)[C@@H]3CC[C@@H]2C1. The van der Waals surface area contributed by atoms with Crippen LogP contribution in [0.5, 0.6) is 0 Å². The highest BCUT2D eigenvalue weighted by Gasteiger charge is 2.58. The van der Waals surface area contributed by atoms with Crippen molar-refractivity contribution in [1.82, 2.24) is 9.78 Å². The van der Waals surface area contributed by atoms with Gasteiger partial charge in [-0.05, 0) is 118 Å². The van der Waals surface area contributed by atoms with Crippen LogP contribution in [0.4, 0.5) is 5.82 Å². The molecule has 5 nitrogen and oxygen atoms in total. The van der Waals surface area contributed by atoms with Crippen LogP contribution in [0.15, 0.2) is 6.20 Å². The molecule has 4 aliphatic carbocycles. The van der Waals surface area contributed by atoms with E-state index in [9.17, 15) is 5.26 Å². The Hall–Kier alpha value is -1.54. The molecule has 1 aromatic rings. The fourth-order valence-electron chi connectivity index (χ4n) is 9.17. The Morgan fingerprint density at radius 2 is 2.00 bits per heavy atom. The molecule has 5 rings (SSSR count). The fourth-order valence-corrected chi connectivity index (χ4v) is 9.17. The molecule has 32 heavy (non-hydrogen) atoms. The fraction of sp³-hybridized carbons (Fsp3) is 0.852. The van der Waals surface area contributed by atoms with Crippen LogP contribution in [0, 0.1) is 58.2 Å². The standard InChI is InChI=1S/C27H42N4O/c1-4-32-16-18-5-7-21-19(13-18)6-8-23-22(21)11-12-27(3)24(9-10-25(23)27)17(2)31-26(29)20(14-28)15-30-31/h15,17-19,21-25H,4-13,16,29H2,1-3H3/t17-,18-,19+,21-,22?,23+,24?,25?,27+/m0/s1. The van der Waals surface area contributed by atoms with Gasteiger partial charge in [0.05, 0.1) is 12.2 Å². The lowest BCUT2D eigenvalue weighted by Crippen LogP contribution is -2.49. The number of hydrogen-bond donors (Lipinski definition) is 1. The summed E-state index contributed by atoms with van der Waals surface area (Å²) < 4.78 is 7.73. The van der Waals surface area contributed by atoms with Gasteiger partial charge in [-0.3, -0.25) is 0 Å². The molecule has 0 aromatic carbocycles. The summed E-state index contributed by atoms with van der Waals surface area (Å²) in [6.45, 7) is 8.83. The molecule has 0 spiro atoms. The van der Waals surface area contributed by atoms with Gasteiger partial charge in [-0.2, -0.15) is 10.4 Å². The highest BCUT2D eigenvalue weighted by molar-refractivity contribution is 5.47. The van der Waals surface area contributed by atoms with Gasteiger partial charge in [0.25, 0.3) is 0 Å². The third kappa shape index (κ3) is 3.49. The second-order valence-corrected chi connectivity index (χ2v) is 11.7. The first-order chi connectivity index (χ1) is 15.5. The number of aromatic nitrogens is 2. The van der Waals surface area contributed by atoms with Gasteiger partial charge in [-0.1, -0.05) is 6.92 Å². The van der Waals surface area contributed by atoms with Crippen molar-refractivity contribution in [3.63, 3.8) is 0 Å². The quantitative estimate of drug-likeness (QED) is 0.628. The zero-order valence-corrected chi connectivity index (χ0v) is 20.3. The van der Waals surface area contributed by atoms with Gasteiger partial charge < -0.3 is 10.5 Å². The topological polar surface area (TPSA) is 76.9 Å². The van der Waals surface area contributed by atoms with Crippen molar-refractivity contribution in [3.05, 3.63) is 11.8 Å². The lowest BCUT2D eigenvalue weighted by Gasteiger charge is -2.56. The summed E-state index contributed by atoms with van der Waals surface area (Å²) in [4.78, 5) is 0. The average Bonchev–Trinajstić information content (AvgIpc) is 3.36. The van der Waals surface area contributed by atoms with E-state index in [1.54, 1.807) is 6.20 Å². The molecule has 176 valence electrons. The van der Waals surface area contributed by atoms with Gasteiger partial charge in [-0.25, -0.2) is 4.68 Å². The minimum absolute atomic E-state index is 0.258. The molecule has 4 fully saturated rings. The van der Waals surface area contributed by atoms with Gasteiger partial charge in [0, 0.05) is 13.2 Å². The van der Waals surface area contributed by atoms with Gasteiger partial charge in [0.2, 0.25) is 0 Å². The minimum Gasteiger partial charge on any atom is -0.383 e. The summed E-state index contributed by atoms with van der Waals surface area (Å²) in [6.07, 6.45) is 14.2. The Labute approximate surface area is 194 Å². The minimum atomic E-state index is 0.258. The molecule has 0 radical (unpaired) electrons. The lowest BCUT2D eigenvalue weighted by atomic mass is 9.49. The number of rotatable bonds is 5. The van der Waals surface area contributed by atoms with Gasteiger partial charge in [0.1, 0.15) is 17.5 Å². The van der Waals surface area contributed by atoms with Gasteiger partial charge in [-0.15, -0.1) is 0 Å². The van der Waals surface area contributed by atoms with E-state index in [-0.39, 0.29) is 6.04 Å². The van der Waals surface area contributed by atoms with Crippen molar-refractivity contribution in [3.8, 4) is 6.07 Å². The molecule has 9 atom stereocenters. The second kappa shape index (κ2) is 8.67. The number of fused-ring (bicyclic) bond motifs is 5. The molecule has 2 N–H and O–H groups in total. The predicted octanol–water partition coefficient (Wildman–Crippen LogP) is 5.82. The monoisotopic (exact) mass is 438 g/mol. The molecule has 4 saturated carbocycles. The summed E-state index contributed by atoms with van der Waals surface area (Å²) in [7, 11) is 0. The van der Waals surface area contributed by atoms with E-state index in [1.807, 2.05) is 4.68 Å². The summed E-state index contributed by atoms with van der Waals surface area (Å²) in [6, 6.07) is 2.45. The van der Waals surface area contributed by atoms with Crippen molar-refractivity contribution in [2.24, 2.45) is 46.8 Å². The van der Waals surface area contributed by atoms with Crippen LogP contribution in [0.3, 0.4) is 0 Å². The Balaban J connectivity index is 1.30. The number of nitrogens with zero attached hydrogens (tertiary/aromatic N) is 3. The van der Waals surface area contributed by atoms with Crippen LogP contribution in [-0.2, 0) is 4.74 Å². The third-order valence-electron chi connectivity index (χ3n) is 10.6. The molecule has 0 bridgehead atoms. The Morgan fingerprint density at radius 1 is 1.19 bits per heavy atom. The van der Waals surface area contributed by atoms with E-state index in [4.69, 9.17) is 10.5 Å². The van der Waals surface area contributed by atoms with E-state index in [0.29, 0.717) is 22.7 Å².